The van der Waals surface area contributed by atoms with Crippen LogP contribution in [0.15, 0.2) is 35.1 Å². The van der Waals surface area contributed by atoms with Crippen LogP contribution in [0.3, 0.4) is 0 Å². The number of carbonyl (C=O) groups excluding carboxylic acids is 1. The van der Waals surface area contributed by atoms with Gasteiger partial charge in [-0.2, -0.15) is 10.1 Å². The van der Waals surface area contributed by atoms with E-state index >= 15 is 0 Å². The molecule has 3 aromatic heterocycles. The number of carbonyl (C=O) groups is 1. The molecule has 0 spiro atoms. The summed E-state index contributed by atoms with van der Waals surface area (Å²) in [5.41, 5.74) is 2.32. The van der Waals surface area contributed by atoms with Gasteiger partial charge in [0.25, 0.3) is 5.89 Å². The maximum Gasteiger partial charge on any atom is 0.263 e. The number of H-pyrrole nitrogens is 1. The quantitative estimate of drug-likeness (QED) is 0.461. The number of fused-ring (bicyclic) bond motifs is 1. The van der Waals surface area contributed by atoms with Gasteiger partial charge >= 0.3 is 0 Å². The molecular weight excluding hydrogens is 420 g/mol. The van der Waals surface area contributed by atoms with Crippen LogP contribution in [0.1, 0.15) is 37.8 Å². The lowest BCUT2D eigenvalue weighted by atomic mass is 9.95. The van der Waals surface area contributed by atoms with Crippen molar-refractivity contribution >= 4 is 28.3 Å². The van der Waals surface area contributed by atoms with Crippen molar-refractivity contribution in [1.29, 1.82) is 0 Å². The first-order valence-corrected chi connectivity index (χ1v) is 11.3. The number of hydrogen-bond acceptors (Lipinski definition) is 8. The fourth-order valence-electron chi connectivity index (χ4n) is 4.20. The topological polar surface area (TPSA) is 126 Å². The molecule has 1 aliphatic rings. The third-order valence-corrected chi connectivity index (χ3v) is 5.96. The van der Waals surface area contributed by atoms with Gasteiger partial charge in [-0.1, -0.05) is 24.2 Å². The Balaban J connectivity index is 1.29. The highest BCUT2D eigenvalue weighted by molar-refractivity contribution is 6.01. The van der Waals surface area contributed by atoms with Gasteiger partial charge in [0, 0.05) is 37.0 Å². The van der Waals surface area contributed by atoms with Crippen LogP contribution >= 0.6 is 0 Å². The molecule has 4 heterocycles. The molecular formula is C23H26N8O2. The van der Waals surface area contributed by atoms with E-state index in [4.69, 9.17) is 4.52 Å². The molecule has 0 bridgehead atoms. The number of aromatic amines is 1. The number of rotatable bonds is 6. The first-order chi connectivity index (χ1) is 16.1. The predicted molar refractivity (Wildman–Crippen MR) is 124 cm³/mol. The van der Waals surface area contributed by atoms with Gasteiger partial charge in [-0.15, -0.1) is 0 Å². The zero-order chi connectivity index (χ0) is 22.8. The molecule has 5 rings (SSSR count). The first-order valence-electron chi connectivity index (χ1n) is 11.3. The lowest BCUT2D eigenvalue weighted by Gasteiger charge is -2.32. The summed E-state index contributed by atoms with van der Waals surface area (Å²) in [5.74, 6) is 2.51. The van der Waals surface area contributed by atoms with Crippen LogP contribution in [0, 0.1) is 12.8 Å². The molecule has 0 saturated carbocycles. The number of amides is 1. The Morgan fingerprint density at radius 2 is 2.09 bits per heavy atom. The molecule has 0 unspecified atom stereocenters. The zero-order valence-electron chi connectivity index (χ0n) is 18.7. The number of hydrogen-bond donors (Lipinski definition) is 2. The number of benzene rings is 1. The second-order valence-corrected chi connectivity index (χ2v) is 8.31. The molecule has 170 valence electrons. The van der Waals surface area contributed by atoms with E-state index in [0.29, 0.717) is 30.6 Å². The average Bonchev–Trinajstić information content (AvgIpc) is 3.50. The minimum atomic E-state index is -0.0784. The van der Waals surface area contributed by atoms with Crippen molar-refractivity contribution in [2.24, 2.45) is 5.92 Å². The lowest BCUT2D eigenvalue weighted by Crippen LogP contribution is -2.39. The van der Waals surface area contributed by atoms with Crippen molar-refractivity contribution in [3.63, 3.8) is 0 Å². The van der Waals surface area contributed by atoms with Crippen molar-refractivity contribution in [2.45, 2.75) is 39.5 Å². The molecule has 1 fully saturated rings. The Morgan fingerprint density at radius 1 is 1.24 bits per heavy atom. The van der Waals surface area contributed by atoms with E-state index in [1.807, 2.05) is 25.1 Å². The van der Waals surface area contributed by atoms with E-state index in [9.17, 15) is 4.79 Å². The Labute approximate surface area is 190 Å². The number of nitrogens with one attached hydrogen (secondary N) is 2. The second-order valence-electron chi connectivity index (χ2n) is 8.31. The molecule has 10 heteroatoms. The van der Waals surface area contributed by atoms with Crippen LogP contribution in [0.25, 0.3) is 22.4 Å². The molecule has 0 atom stereocenters. The smallest absolute Gasteiger partial charge is 0.263 e. The molecule has 0 radical (unpaired) electrons. The summed E-state index contributed by atoms with van der Waals surface area (Å²) < 4.78 is 5.49. The van der Waals surface area contributed by atoms with Gasteiger partial charge in [0.1, 0.15) is 17.2 Å². The van der Waals surface area contributed by atoms with Gasteiger partial charge in [0.2, 0.25) is 5.91 Å². The summed E-state index contributed by atoms with van der Waals surface area (Å²) in [6.45, 7) is 5.34. The third kappa shape index (κ3) is 4.28. The standard InChI is InChI=1S/C23H26N8O2/c1-3-5-19-28-23(33-30-19)17-13-24-14(2)26-21(17)31-10-8-15(9-11-31)22(32)27-18-7-4-6-16-12-25-29-20(16)18/h4,6-7,12-13,15H,3,5,8-11H2,1-2H3,(H,25,29)(H,27,32). The van der Waals surface area contributed by atoms with Crippen LogP contribution in [0.4, 0.5) is 11.5 Å². The van der Waals surface area contributed by atoms with Crippen LogP contribution in [-0.2, 0) is 11.2 Å². The van der Waals surface area contributed by atoms with Gasteiger partial charge in [0.15, 0.2) is 5.82 Å². The van der Waals surface area contributed by atoms with Crippen molar-refractivity contribution < 1.29 is 9.32 Å². The van der Waals surface area contributed by atoms with Crippen LogP contribution in [-0.4, -0.2) is 49.3 Å². The number of aryl methyl sites for hydroxylation is 2. The molecule has 4 aromatic rings. The molecule has 1 amide bonds. The maximum absolute atomic E-state index is 13.0. The number of anilines is 2. The number of piperidine rings is 1. The van der Waals surface area contributed by atoms with Crippen LogP contribution in [0.2, 0.25) is 0 Å². The van der Waals surface area contributed by atoms with Crippen LogP contribution < -0.4 is 10.2 Å². The average molecular weight is 447 g/mol. The number of nitrogens with zero attached hydrogens (tertiary/aromatic N) is 6. The largest absolute Gasteiger partial charge is 0.356 e. The van der Waals surface area contributed by atoms with Gasteiger partial charge in [-0.25, -0.2) is 9.97 Å². The summed E-state index contributed by atoms with van der Waals surface area (Å²) in [6.07, 6.45) is 6.64. The van der Waals surface area contributed by atoms with E-state index in [2.05, 4.69) is 47.4 Å². The zero-order valence-corrected chi connectivity index (χ0v) is 18.7. The Hall–Kier alpha value is -3.82. The molecule has 33 heavy (non-hydrogen) atoms. The van der Waals surface area contributed by atoms with Crippen molar-refractivity contribution in [3.8, 4) is 11.5 Å². The number of para-hydroxylation sites is 1. The normalized spacial score (nSPS) is 14.7. The van der Waals surface area contributed by atoms with E-state index in [1.165, 1.54) is 0 Å². The molecule has 1 saturated heterocycles. The van der Waals surface area contributed by atoms with Crippen LogP contribution in [0.5, 0.6) is 0 Å². The van der Waals surface area contributed by atoms with E-state index in [0.717, 1.165) is 53.7 Å². The van der Waals surface area contributed by atoms with Gasteiger partial charge in [-0.05, 0) is 32.3 Å². The molecule has 10 nitrogen and oxygen atoms in total. The Bertz CT molecular complexity index is 1270. The third-order valence-electron chi connectivity index (χ3n) is 5.96. The fourth-order valence-corrected chi connectivity index (χ4v) is 4.20. The summed E-state index contributed by atoms with van der Waals surface area (Å²) in [5, 5.41) is 15.1. The minimum Gasteiger partial charge on any atom is -0.356 e. The summed E-state index contributed by atoms with van der Waals surface area (Å²) in [6, 6.07) is 5.77. The second kappa shape index (κ2) is 8.97. The monoisotopic (exact) mass is 446 g/mol. The van der Waals surface area contributed by atoms with E-state index in [1.54, 1.807) is 12.4 Å². The van der Waals surface area contributed by atoms with Gasteiger partial charge < -0.3 is 14.7 Å². The maximum atomic E-state index is 13.0. The lowest BCUT2D eigenvalue weighted by molar-refractivity contribution is -0.120. The highest BCUT2D eigenvalue weighted by Crippen LogP contribution is 2.31. The first kappa shape index (κ1) is 21.0. The molecule has 2 N–H and O–H groups in total. The van der Waals surface area contributed by atoms with E-state index in [-0.39, 0.29) is 11.8 Å². The number of aromatic nitrogens is 6. The fraction of sp³-hybridized carbons (Fsp3) is 0.391. The summed E-state index contributed by atoms with van der Waals surface area (Å²) >= 11 is 0. The highest BCUT2D eigenvalue weighted by atomic mass is 16.5. The minimum absolute atomic E-state index is 0.0250. The van der Waals surface area contributed by atoms with Gasteiger partial charge in [0.05, 0.1) is 17.4 Å². The summed E-state index contributed by atoms with van der Waals surface area (Å²) in [7, 11) is 0. The SMILES string of the molecule is CCCc1noc(-c2cnc(C)nc2N2CCC(C(=O)Nc3cccc4cn[nH]c34)CC2)n1. The Morgan fingerprint density at radius 3 is 2.91 bits per heavy atom. The molecule has 0 aliphatic carbocycles. The highest BCUT2D eigenvalue weighted by Gasteiger charge is 2.28. The molecule has 1 aliphatic heterocycles. The van der Waals surface area contributed by atoms with Gasteiger partial charge in [-0.3, -0.25) is 9.89 Å². The predicted octanol–water partition coefficient (Wildman–Crippen LogP) is 3.52. The van der Waals surface area contributed by atoms with Crippen molar-refractivity contribution in [3.05, 3.63) is 42.2 Å². The molecule has 1 aromatic carbocycles. The Kier molecular flexibility index (Phi) is 5.72. The van der Waals surface area contributed by atoms with Crippen molar-refractivity contribution in [1.82, 2.24) is 30.3 Å². The van der Waals surface area contributed by atoms with Crippen molar-refractivity contribution in [2.75, 3.05) is 23.3 Å². The van der Waals surface area contributed by atoms with E-state index < -0.39 is 0 Å². The summed E-state index contributed by atoms with van der Waals surface area (Å²) in [4.78, 5) is 28.7.